The molecule has 0 aliphatic rings. The normalized spacial score (nSPS) is 11.1. The minimum atomic E-state index is -4.31. The molecular weight excluding hydrogens is 337 g/mol. The van der Waals surface area contributed by atoms with Crippen LogP contribution in [0.1, 0.15) is 20.9 Å². The zero-order valence-electron chi connectivity index (χ0n) is 12.1. The fourth-order valence-corrected chi connectivity index (χ4v) is 3.80. The summed E-state index contributed by atoms with van der Waals surface area (Å²) in [6, 6.07) is 13.0. The van der Waals surface area contributed by atoms with Crippen molar-refractivity contribution in [1.82, 2.24) is 0 Å². The van der Waals surface area contributed by atoms with Crippen molar-refractivity contribution in [2.75, 3.05) is 0 Å². The van der Waals surface area contributed by atoms with Crippen LogP contribution in [0.5, 0.6) is 0 Å². The molecule has 1 aromatic carbocycles. The monoisotopic (exact) mass is 348 g/mol. The summed E-state index contributed by atoms with van der Waals surface area (Å²) in [6.07, 6.45) is -4.31. The lowest BCUT2D eigenvalue weighted by molar-refractivity contribution is -0.137. The molecule has 0 saturated carbocycles. The van der Waals surface area contributed by atoms with Crippen molar-refractivity contribution in [3.63, 3.8) is 0 Å². The second-order valence-electron chi connectivity index (χ2n) is 4.90. The van der Waals surface area contributed by atoms with Crippen LogP contribution >= 0.6 is 22.7 Å². The van der Waals surface area contributed by atoms with Gasteiger partial charge in [0.15, 0.2) is 0 Å². The Morgan fingerprint density at radius 2 is 1.43 bits per heavy atom. The molecule has 0 bridgehead atoms. The summed E-state index contributed by atoms with van der Waals surface area (Å²) in [5, 5.41) is 0. The van der Waals surface area contributed by atoms with Gasteiger partial charge in [0.05, 0.1) is 10.4 Å². The van der Waals surface area contributed by atoms with E-state index < -0.39 is 11.7 Å². The van der Waals surface area contributed by atoms with Crippen LogP contribution in [-0.4, -0.2) is 0 Å². The van der Waals surface area contributed by atoms with Gasteiger partial charge in [-0.3, -0.25) is 0 Å². The Morgan fingerprint density at radius 1 is 0.783 bits per heavy atom. The number of alkyl halides is 3. The van der Waals surface area contributed by atoms with Gasteiger partial charge < -0.3 is 0 Å². The van der Waals surface area contributed by atoms with Gasteiger partial charge in [-0.2, -0.15) is 13.2 Å². The average Bonchev–Trinajstić information content (AvgIpc) is 3.13. The SMILES string of the molecule is Cc1ccc(-c2ccc(C#Cc3ccc(C(F)(F)F)cc3)s2)s1. The number of hydrogen-bond acceptors (Lipinski definition) is 2. The molecule has 5 heteroatoms. The van der Waals surface area contributed by atoms with Crippen molar-refractivity contribution in [2.45, 2.75) is 13.1 Å². The molecular formula is C18H11F3S2. The van der Waals surface area contributed by atoms with E-state index in [1.54, 1.807) is 22.7 Å². The standard InChI is InChI=1S/C18H11F3S2/c1-12-2-10-16(22-12)17-11-9-15(23-17)8-5-13-3-6-14(7-4-13)18(19,20)21/h2-4,6-7,9-11H,1H3. The van der Waals surface area contributed by atoms with Crippen LogP contribution in [0.3, 0.4) is 0 Å². The molecule has 3 aromatic rings. The second-order valence-corrected chi connectivity index (χ2v) is 7.27. The zero-order valence-corrected chi connectivity index (χ0v) is 13.7. The highest BCUT2D eigenvalue weighted by atomic mass is 32.1. The number of thiophene rings is 2. The molecule has 0 nitrogen and oxygen atoms in total. The van der Waals surface area contributed by atoms with Gasteiger partial charge in [-0.25, -0.2) is 0 Å². The van der Waals surface area contributed by atoms with Crippen LogP contribution in [0.4, 0.5) is 13.2 Å². The predicted octanol–water partition coefficient (Wildman–Crippen LogP) is 6.20. The van der Waals surface area contributed by atoms with Crippen molar-refractivity contribution in [3.8, 4) is 21.6 Å². The van der Waals surface area contributed by atoms with E-state index in [0.29, 0.717) is 5.56 Å². The Labute approximate surface area is 140 Å². The minimum Gasteiger partial charge on any atom is -0.166 e. The van der Waals surface area contributed by atoms with Gasteiger partial charge in [0, 0.05) is 20.2 Å². The molecule has 2 aromatic heterocycles. The first-order valence-corrected chi connectivity index (χ1v) is 8.41. The highest BCUT2D eigenvalue weighted by Gasteiger charge is 2.29. The second kappa shape index (κ2) is 6.23. The van der Waals surface area contributed by atoms with Gasteiger partial charge in [-0.15, -0.1) is 22.7 Å². The van der Waals surface area contributed by atoms with E-state index in [0.717, 1.165) is 21.9 Å². The summed E-state index contributed by atoms with van der Waals surface area (Å²) < 4.78 is 37.5. The summed E-state index contributed by atoms with van der Waals surface area (Å²) >= 11 is 3.31. The molecule has 116 valence electrons. The number of aryl methyl sites for hydroxylation is 1. The van der Waals surface area contributed by atoms with Gasteiger partial charge in [0.2, 0.25) is 0 Å². The first kappa shape index (κ1) is 15.9. The van der Waals surface area contributed by atoms with Crippen LogP contribution in [0.15, 0.2) is 48.5 Å². The van der Waals surface area contributed by atoms with Crippen molar-refractivity contribution >= 4 is 22.7 Å². The maximum atomic E-state index is 12.5. The van der Waals surface area contributed by atoms with Gasteiger partial charge in [0.25, 0.3) is 0 Å². The Kier molecular flexibility index (Phi) is 4.29. The lowest BCUT2D eigenvalue weighted by Crippen LogP contribution is -2.04. The highest BCUT2D eigenvalue weighted by molar-refractivity contribution is 7.22. The predicted molar refractivity (Wildman–Crippen MR) is 89.8 cm³/mol. The molecule has 0 N–H and O–H groups in total. The molecule has 3 rings (SSSR count). The van der Waals surface area contributed by atoms with Crippen LogP contribution in [0.25, 0.3) is 9.75 Å². The molecule has 23 heavy (non-hydrogen) atoms. The Bertz CT molecular complexity index is 871. The van der Waals surface area contributed by atoms with E-state index in [4.69, 9.17) is 0 Å². The van der Waals surface area contributed by atoms with Gasteiger partial charge in [-0.05, 0) is 55.5 Å². The van der Waals surface area contributed by atoms with Gasteiger partial charge in [0.1, 0.15) is 0 Å². The number of hydrogen-bond donors (Lipinski definition) is 0. The molecule has 0 spiro atoms. The summed E-state index contributed by atoms with van der Waals surface area (Å²) in [6.45, 7) is 2.06. The first-order valence-electron chi connectivity index (χ1n) is 6.78. The van der Waals surface area contributed by atoms with Crippen molar-refractivity contribution in [2.24, 2.45) is 0 Å². The van der Waals surface area contributed by atoms with E-state index in [1.165, 1.54) is 21.9 Å². The lowest BCUT2D eigenvalue weighted by Gasteiger charge is -2.05. The van der Waals surface area contributed by atoms with Crippen molar-refractivity contribution < 1.29 is 13.2 Å². The third kappa shape index (κ3) is 3.84. The van der Waals surface area contributed by atoms with E-state index in [-0.39, 0.29) is 0 Å². The third-order valence-electron chi connectivity index (χ3n) is 3.13. The topological polar surface area (TPSA) is 0 Å². The highest BCUT2D eigenvalue weighted by Crippen LogP contribution is 2.33. The Balaban J connectivity index is 1.78. The molecule has 0 radical (unpaired) electrons. The van der Waals surface area contributed by atoms with E-state index in [1.807, 2.05) is 12.1 Å². The van der Waals surface area contributed by atoms with Crippen LogP contribution in [-0.2, 0) is 6.18 Å². The van der Waals surface area contributed by atoms with Crippen molar-refractivity contribution in [1.29, 1.82) is 0 Å². The van der Waals surface area contributed by atoms with E-state index >= 15 is 0 Å². The quantitative estimate of drug-likeness (QED) is 0.459. The summed E-state index contributed by atoms with van der Waals surface area (Å²) in [5.41, 5.74) is -0.0885. The average molecular weight is 348 g/mol. The largest absolute Gasteiger partial charge is 0.416 e. The molecule has 0 saturated heterocycles. The van der Waals surface area contributed by atoms with Gasteiger partial charge >= 0.3 is 6.18 Å². The molecule has 0 fully saturated rings. The Morgan fingerprint density at radius 3 is 2.04 bits per heavy atom. The first-order chi connectivity index (χ1) is 10.9. The number of benzene rings is 1. The molecule has 0 unspecified atom stereocenters. The van der Waals surface area contributed by atoms with Crippen LogP contribution in [0.2, 0.25) is 0 Å². The number of rotatable bonds is 1. The Hall–Kier alpha value is -2.03. The fraction of sp³-hybridized carbons (Fsp3) is 0.111. The molecule has 0 aliphatic heterocycles. The van der Waals surface area contributed by atoms with E-state index in [9.17, 15) is 13.2 Å². The molecule has 0 atom stereocenters. The van der Waals surface area contributed by atoms with E-state index in [2.05, 4.69) is 30.9 Å². The molecule has 0 aliphatic carbocycles. The summed E-state index contributed by atoms with van der Waals surface area (Å²) in [7, 11) is 0. The van der Waals surface area contributed by atoms with Gasteiger partial charge in [-0.1, -0.05) is 11.8 Å². The minimum absolute atomic E-state index is 0.569. The zero-order chi connectivity index (χ0) is 16.4. The van der Waals surface area contributed by atoms with Crippen LogP contribution in [0, 0.1) is 18.8 Å². The third-order valence-corrected chi connectivity index (χ3v) is 5.33. The summed E-state index contributed by atoms with van der Waals surface area (Å²) in [5.74, 6) is 5.91. The fourth-order valence-electron chi connectivity index (χ4n) is 1.98. The smallest absolute Gasteiger partial charge is 0.166 e. The number of halogens is 3. The van der Waals surface area contributed by atoms with Crippen molar-refractivity contribution in [3.05, 3.63) is 69.4 Å². The maximum absolute atomic E-state index is 12.5. The molecule has 0 amide bonds. The van der Waals surface area contributed by atoms with Crippen LogP contribution < -0.4 is 0 Å². The maximum Gasteiger partial charge on any atom is 0.416 e. The summed E-state index contributed by atoms with van der Waals surface area (Å²) in [4.78, 5) is 4.51. The molecule has 2 heterocycles. The lowest BCUT2D eigenvalue weighted by atomic mass is 10.1.